The van der Waals surface area contributed by atoms with Crippen LogP contribution < -0.4 is 5.73 Å². The lowest BCUT2D eigenvalue weighted by atomic mass is 10.1. The first-order chi connectivity index (χ1) is 8.76. The van der Waals surface area contributed by atoms with Crippen LogP contribution in [0.3, 0.4) is 0 Å². The van der Waals surface area contributed by atoms with E-state index in [0.29, 0.717) is 12.1 Å². The van der Waals surface area contributed by atoms with E-state index in [4.69, 9.17) is 5.73 Å². The fraction of sp³-hybridized carbons (Fsp3) is 0.500. The molecule has 4 nitrogen and oxygen atoms in total. The van der Waals surface area contributed by atoms with Crippen molar-refractivity contribution in [1.29, 1.82) is 0 Å². The third-order valence-corrected chi connectivity index (χ3v) is 3.48. The second-order valence-electron chi connectivity index (χ2n) is 4.71. The maximum atomic E-state index is 12.3. The van der Waals surface area contributed by atoms with Gasteiger partial charge in [-0.3, -0.25) is 4.79 Å². The zero-order chi connectivity index (χ0) is 13.0. The van der Waals surface area contributed by atoms with Crippen LogP contribution in [-0.2, 0) is 6.42 Å². The summed E-state index contributed by atoms with van der Waals surface area (Å²) in [6.07, 6.45) is 2.70. The van der Waals surface area contributed by atoms with Crippen LogP contribution in [-0.4, -0.2) is 41.7 Å². The molecule has 0 spiro atoms. The summed E-state index contributed by atoms with van der Waals surface area (Å²) in [6, 6.07) is 7.58. The molecule has 4 heteroatoms. The predicted octanol–water partition coefficient (Wildman–Crippen LogP) is 0.785. The highest BCUT2D eigenvalue weighted by Gasteiger charge is 2.28. The van der Waals surface area contributed by atoms with Crippen molar-refractivity contribution < 1.29 is 9.90 Å². The first-order valence-corrected chi connectivity index (χ1v) is 6.47. The number of hydrogen-bond donors (Lipinski definition) is 2. The van der Waals surface area contributed by atoms with Gasteiger partial charge in [-0.2, -0.15) is 0 Å². The van der Waals surface area contributed by atoms with Crippen LogP contribution >= 0.6 is 0 Å². The summed E-state index contributed by atoms with van der Waals surface area (Å²) in [6.45, 7) is 1.41. The van der Waals surface area contributed by atoms with Crippen LogP contribution in [0.4, 0.5) is 0 Å². The smallest absolute Gasteiger partial charge is 0.254 e. The molecule has 3 N–H and O–H groups in total. The van der Waals surface area contributed by atoms with Gasteiger partial charge >= 0.3 is 0 Å². The molecular weight excluding hydrogens is 228 g/mol. The highest BCUT2D eigenvalue weighted by atomic mass is 16.3. The predicted molar refractivity (Wildman–Crippen MR) is 70.3 cm³/mol. The lowest BCUT2D eigenvalue weighted by Gasteiger charge is -2.23. The second kappa shape index (κ2) is 5.98. The molecule has 0 saturated carbocycles. The molecule has 1 heterocycles. The summed E-state index contributed by atoms with van der Waals surface area (Å²) in [5.41, 5.74) is 7.33. The van der Waals surface area contributed by atoms with Gasteiger partial charge in [0, 0.05) is 12.1 Å². The standard InChI is InChI=1S/C14H20N2O2/c15-8-7-11-3-5-12(6-4-11)14(18)16-9-1-2-13(16)10-17/h3-6,13,17H,1-2,7-10,15H2. The van der Waals surface area contributed by atoms with E-state index in [1.165, 1.54) is 0 Å². The Morgan fingerprint density at radius 3 is 2.72 bits per heavy atom. The molecule has 1 saturated heterocycles. The summed E-state index contributed by atoms with van der Waals surface area (Å²) in [4.78, 5) is 14.1. The van der Waals surface area contributed by atoms with Crippen molar-refractivity contribution >= 4 is 5.91 Å². The lowest BCUT2D eigenvalue weighted by molar-refractivity contribution is 0.0677. The molecule has 1 aromatic rings. The Bertz CT molecular complexity index is 403. The third kappa shape index (κ3) is 2.71. The molecule has 1 aliphatic heterocycles. The average molecular weight is 248 g/mol. The van der Waals surface area contributed by atoms with E-state index in [1.54, 1.807) is 4.90 Å². The minimum atomic E-state index is -0.0128. The molecule has 0 aliphatic carbocycles. The van der Waals surface area contributed by atoms with Crippen LogP contribution in [0, 0.1) is 0 Å². The highest BCUT2D eigenvalue weighted by Crippen LogP contribution is 2.19. The molecular formula is C14H20N2O2. The van der Waals surface area contributed by atoms with E-state index in [2.05, 4.69) is 0 Å². The maximum absolute atomic E-state index is 12.3. The molecule has 1 aliphatic rings. The molecule has 1 atom stereocenters. The van der Waals surface area contributed by atoms with Gasteiger partial charge in [0.2, 0.25) is 0 Å². The Morgan fingerprint density at radius 2 is 2.11 bits per heavy atom. The van der Waals surface area contributed by atoms with Gasteiger partial charge in [-0.25, -0.2) is 0 Å². The van der Waals surface area contributed by atoms with E-state index in [9.17, 15) is 9.90 Å². The molecule has 98 valence electrons. The fourth-order valence-corrected chi connectivity index (χ4v) is 2.44. The molecule has 0 aromatic heterocycles. The Hall–Kier alpha value is -1.39. The zero-order valence-corrected chi connectivity index (χ0v) is 10.5. The number of likely N-dealkylation sites (tertiary alicyclic amines) is 1. The molecule has 1 aromatic carbocycles. The fourth-order valence-electron chi connectivity index (χ4n) is 2.44. The van der Waals surface area contributed by atoms with E-state index in [-0.39, 0.29) is 18.6 Å². The van der Waals surface area contributed by atoms with Crippen LogP contribution in [0.25, 0.3) is 0 Å². The monoisotopic (exact) mass is 248 g/mol. The van der Waals surface area contributed by atoms with Gasteiger partial charge in [0.05, 0.1) is 12.6 Å². The molecule has 2 rings (SSSR count). The molecule has 1 unspecified atom stereocenters. The first-order valence-electron chi connectivity index (χ1n) is 6.47. The van der Waals surface area contributed by atoms with Crippen LogP contribution in [0.1, 0.15) is 28.8 Å². The SMILES string of the molecule is NCCc1ccc(C(=O)N2CCCC2CO)cc1. The quantitative estimate of drug-likeness (QED) is 0.827. The summed E-state index contributed by atoms with van der Waals surface area (Å²) in [5.74, 6) is 0.0193. The minimum absolute atomic E-state index is 0.0128. The van der Waals surface area contributed by atoms with E-state index in [1.807, 2.05) is 24.3 Å². The average Bonchev–Trinajstić information content (AvgIpc) is 2.87. The van der Waals surface area contributed by atoms with Crippen molar-refractivity contribution in [2.24, 2.45) is 5.73 Å². The third-order valence-electron chi connectivity index (χ3n) is 3.48. The largest absolute Gasteiger partial charge is 0.394 e. The highest BCUT2D eigenvalue weighted by molar-refractivity contribution is 5.94. The van der Waals surface area contributed by atoms with Crippen LogP contribution in [0.2, 0.25) is 0 Å². The summed E-state index contributed by atoms with van der Waals surface area (Å²) in [5, 5.41) is 9.24. The Balaban J connectivity index is 2.08. The zero-order valence-electron chi connectivity index (χ0n) is 10.5. The van der Waals surface area contributed by atoms with E-state index >= 15 is 0 Å². The van der Waals surface area contributed by atoms with E-state index < -0.39 is 0 Å². The van der Waals surface area contributed by atoms with Crippen molar-refractivity contribution in [3.05, 3.63) is 35.4 Å². The summed E-state index contributed by atoms with van der Waals surface area (Å²) < 4.78 is 0. The normalized spacial score (nSPS) is 19.2. The minimum Gasteiger partial charge on any atom is -0.394 e. The summed E-state index contributed by atoms with van der Waals surface area (Å²) >= 11 is 0. The van der Waals surface area contributed by atoms with Gasteiger partial charge in [0.1, 0.15) is 0 Å². The number of aliphatic hydroxyl groups is 1. The molecule has 0 radical (unpaired) electrons. The number of hydrogen-bond acceptors (Lipinski definition) is 3. The molecule has 1 amide bonds. The molecule has 0 bridgehead atoms. The van der Waals surface area contributed by atoms with Crippen LogP contribution in [0.15, 0.2) is 24.3 Å². The number of amides is 1. The van der Waals surface area contributed by atoms with Gasteiger partial charge in [0.15, 0.2) is 0 Å². The van der Waals surface area contributed by atoms with Crippen molar-refractivity contribution in [2.45, 2.75) is 25.3 Å². The van der Waals surface area contributed by atoms with Gasteiger partial charge < -0.3 is 15.7 Å². The van der Waals surface area contributed by atoms with Crippen molar-refractivity contribution in [3.63, 3.8) is 0 Å². The number of benzene rings is 1. The van der Waals surface area contributed by atoms with Crippen molar-refractivity contribution in [1.82, 2.24) is 4.90 Å². The van der Waals surface area contributed by atoms with E-state index in [0.717, 1.165) is 31.4 Å². The second-order valence-corrected chi connectivity index (χ2v) is 4.71. The molecule has 18 heavy (non-hydrogen) atoms. The molecule has 1 fully saturated rings. The van der Waals surface area contributed by atoms with Gasteiger partial charge in [-0.05, 0) is 43.5 Å². The Kier molecular flexibility index (Phi) is 4.33. The van der Waals surface area contributed by atoms with Crippen LogP contribution in [0.5, 0.6) is 0 Å². The maximum Gasteiger partial charge on any atom is 0.254 e. The van der Waals surface area contributed by atoms with Gasteiger partial charge in [0.25, 0.3) is 5.91 Å². The number of carbonyl (C=O) groups is 1. The first kappa shape index (κ1) is 13.1. The number of aliphatic hydroxyl groups excluding tert-OH is 1. The number of rotatable bonds is 4. The van der Waals surface area contributed by atoms with Crippen molar-refractivity contribution in [3.8, 4) is 0 Å². The number of nitrogens with two attached hydrogens (primary N) is 1. The lowest BCUT2D eigenvalue weighted by Crippen LogP contribution is -2.37. The Morgan fingerprint density at radius 1 is 1.39 bits per heavy atom. The Labute approximate surface area is 107 Å². The van der Waals surface area contributed by atoms with Gasteiger partial charge in [-0.1, -0.05) is 12.1 Å². The topological polar surface area (TPSA) is 66.6 Å². The van der Waals surface area contributed by atoms with Gasteiger partial charge in [-0.15, -0.1) is 0 Å². The number of nitrogens with zero attached hydrogens (tertiary/aromatic N) is 1. The summed E-state index contributed by atoms with van der Waals surface area (Å²) in [7, 11) is 0. The number of carbonyl (C=O) groups excluding carboxylic acids is 1. The van der Waals surface area contributed by atoms with Crippen molar-refractivity contribution in [2.75, 3.05) is 19.7 Å².